The van der Waals surface area contributed by atoms with Gasteiger partial charge in [0.1, 0.15) is 17.1 Å². The van der Waals surface area contributed by atoms with E-state index in [-0.39, 0.29) is 11.7 Å². The normalized spacial score (nSPS) is 13.6. The molecule has 7 heteroatoms. The molecule has 0 saturated heterocycles. The van der Waals surface area contributed by atoms with E-state index in [2.05, 4.69) is 31.4 Å². The molecule has 0 spiro atoms. The zero-order chi connectivity index (χ0) is 19.0. The quantitative estimate of drug-likeness (QED) is 0.579. The van der Waals surface area contributed by atoms with Gasteiger partial charge in [-0.05, 0) is 43.9 Å². The van der Waals surface area contributed by atoms with Gasteiger partial charge >= 0.3 is 0 Å². The Morgan fingerprint density at radius 2 is 2.04 bits per heavy atom. The molecule has 0 atom stereocenters. The predicted molar refractivity (Wildman–Crippen MR) is 104 cm³/mol. The van der Waals surface area contributed by atoms with E-state index in [1.54, 1.807) is 19.2 Å². The molecule has 2 aromatic heterocycles. The number of carbonyl (C=O) groups excluding carboxylic acids is 2. The molecule has 138 valence electrons. The van der Waals surface area contributed by atoms with E-state index in [0.29, 0.717) is 40.7 Å². The first-order valence-corrected chi connectivity index (χ1v) is 9.55. The first-order valence-electron chi connectivity index (χ1n) is 8.76. The van der Waals surface area contributed by atoms with Gasteiger partial charge in [0.15, 0.2) is 5.78 Å². The van der Waals surface area contributed by atoms with Crippen LogP contribution in [0.5, 0.6) is 0 Å². The van der Waals surface area contributed by atoms with Crippen molar-refractivity contribution in [2.45, 2.75) is 19.8 Å². The molecule has 1 aliphatic carbocycles. The summed E-state index contributed by atoms with van der Waals surface area (Å²) < 4.78 is 6.21. The highest BCUT2D eigenvalue weighted by Gasteiger charge is 2.25. The van der Waals surface area contributed by atoms with Gasteiger partial charge < -0.3 is 14.8 Å². The molecule has 27 heavy (non-hydrogen) atoms. The SMILES string of the molecule is Cc1onc(-c2ccc(Br)cc2)c1C(=O)c1c[nH]c(C(=O)NCC2CC2)c1. The molecular weight excluding hydrogens is 410 g/mol. The minimum atomic E-state index is -0.232. The van der Waals surface area contributed by atoms with Crippen LogP contribution in [0, 0.1) is 12.8 Å². The summed E-state index contributed by atoms with van der Waals surface area (Å²) in [5, 5.41) is 6.94. The van der Waals surface area contributed by atoms with E-state index in [0.717, 1.165) is 10.0 Å². The number of hydrogen-bond donors (Lipinski definition) is 2. The first kappa shape index (κ1) is 17.7. The molecule has 4 rings (SSSR count). The fourth-order valence-electron chi connectivity index (χ4n) is 2.90. The van der Waals surface area contributed by atoms with Crippen molar-refractivity contribution in [2.24, 2.45) is 5.92 Å². The van der Waals surface area contributed by atoms with E-state index in [1.165, 1.54) is 12.8 Å². The average Bonchev–Trinajstić information content (AvgIpc) is 3.21. The number of hydrogen-bond acceptors (Lipinski definition) is 4. The summed E-state index contributed by atoms with van der Waals surface area (Å²) in [4.78, 5) is 28.1. The summed E-state index contributed by atoms with van der Waals surface area (Å²) in [6, 6.07) is 9.07. The number of nitrogens with one attached hydrogen (secondary N) is 2. The lowest BCUT2D eigenvalue weighted by Crippen LogP contribution is -2.25. The summed E-state index contributed by atoms with van der Waals surface area (Å²) in [5.74, 6) is 0.609. The maximum Gasteiger partial charge on any atom is 0.267 e. The zero-order valence-electron chi connectivity index (χ0n) is 14.7. The van der Waals surface area contributed by atoms with E-state index < -0.39 is 0 Å². The van der Waals surface area contributed by atoms with Crippen molar-refractivity contribution in [3.8, 4) is 11.3 Å². The van der Waals surface area contributed by atoms with E-state index in [4.69, 9.17) is 4.52 Å². The second-order valence-corrected chi connectivity index (χ2v) is 7.67. The molecule has 1 aromatic carbocycles. The Morgan fingerprint density at radius 1 is 1.30 bits per heavy atom. The van der Waals surface area contributed by atoms with Gasteiger partial charge in [-0.1, -0.05) is 33.2 Å². The van der Waals surface area contributed by atoms with Crippen LogP contribution in [-0.2, 0) is 0 Å². The molecule has 0 radical (unpaired) electrons. The summed E-state index contributed by atoms with van der Waals surface area (Å²) in [6.07, 6.45) is 3.88. The van der Waals surface area contributed by atoms with Crippen LogP contribution in [0.4, 0.5) is 0 Å². The Morgan fingerprint density at radius 3 is 2.74 bits per heavy atom. The molecule has 1 saturated carbocycles. The number of aromatic nitrogens is 2. The van der Waals surface area contributed by atoms with Gasteiger partial charge in [0.2, 0.25) is 0 Å². The molecule has 2 heterocycles. The number of rotatable bonds is 6. The van der Waals surface area contributed by atoms with Crippen LogP contribution in [0.2, 0.25) is 0 Å². The molecule has 2 N–H and O–H groups in total. The molecule has 1 amide bonds. The second-order valence-electron chi connectivity index (χ2n) is 6.75. The van der Waals surface area contributed by atoms with Gasteiger partial charge in [-0.2, -0.15) is 0 Å². The molecule has 0 bridgehead atoms. The van der Waals surface area contributed by atoms with E-state index >= 15 is 0 Å². The fraction of sp³-hybridized carbons (Fsp3) is 0.250. The Hall–Kier alpha value is -2.67. The fourth-order valence-corrected chi connectivity index (χ4v) is 3.16. The zero-order valence-corrected chi connectivity index (χ0v) is 16.3. The van der Waals surface area contributed by atoms with Gasteiger partial charge in [-0.3, -0.25) is 9.59 Å². The Bertz CT molecular complexity index is 1000. The monoisotopic (exact) mass is 427 g/mol. The van der Waals surface area contributed by atoms with Crippen LogP contribution in [0.15, 0.2) is 45.5 Å². The number of amides is 1. The third kappa shape index (κ3) is 3.73. The molecule has 0 aliphatic heterocycles. The lowest BCUT2D eigenvalue weighted by atomic mass is 9.99. The summed E-state index contributed by atoms with van der Waals surface area (Å²) in [7, 11) is 0. The second kappa shape index (κ2) is 7.15. The van der Waals surface area contributed by atoms with Gasteiger partial charge in [-0.15, -0.1) is 0 Å². The molecule has 6 nitrogen and oxygen atoms in total. The van der Waals surface area contributed by atoms with Crippen molar-refractivity contribution in [2.75, 3.05) is 6.54 Å². The van der Waals surface area contributed by atoms with Crippen LogP contribution in [-0.4, -0.2) is 28.4 Å². The number of nitrogens with zero attached hydrogens (tertiary/aromatic N) is 1. The smallest absolute Gasteiger partial charge is 0.267 e. The largest absolute Gasteiger partial charge is 0.360 e. The van der Waals surface area contributed by atoms with Crippen molar-refractivity contribution in [3.63, 3.8) is 0 Å². The topological polar surface area (TPSA) is 88.0 Å². The lowest BCUT2D eigenvalue weighted by Gasteiger charge is -2.02. The standard InChI is InChI=1S/C20H18BrN3O3/c1-11-17(18(24-27-11)13-4-6-15(21)7-5-13)19(25)14-8-16(22-10-14)20(26)23-9-12-2-3-12/h4-8,10,12,22H,2-3,9H2,1H3,(H,23,26). The van der Waals surface area contributed by atoms with Crippen LogP contribution >= 0.6 is 15.9 Å². The van der Waals surface area contributed by atoms with E-state index in [9.17, 15) is 9.59 Å². The van der Waals surface area contributed by atoms with Crippen molar-refractivity contribution >= 4 is 27.6 Å². The summed E-state index contributed by atoms with van der Waals surface area (Å²) >= 11 is 3.40. The number of benzene rings is 1. The maximum absolute atomic E-state index is 13.0. The Balaban J connectivity index is 1.59. The minimum Gasteiger partial charge on any atom is -0.360 e. The van der Waals surface area contributed by atoms with Crippen LogP contribution in [0.3, 0.4) is 0 Å². The Labute approximate surface area is 164 Å². The number of ketones is 1. The van der Waals surface area contributed by atoms with Gasteiger partial charge in [-0.25, -0.2) is 0 Å². The Kier molecular flexibility index (Phi) is 4.70. The van der Waals surface area contributed by atoms with Crippen molar-refractivity contribution in [1.29, 1.82) is 0 Å². The first-order chi connectivity index (χ1) is 13.0. The molecule has 0 unspecified atom stereocenters. The average molecular weight is 428 g/mol. The van der Waals surface area contributed by atoms with Crippen LogP contribution in [0.1, 0.15) is 45.0 Å². The van der Waals surface area contributed by atoms with Crippen LogP contribution < -0.4 is 5.32 Å². The minimum absolute atomic E-state index is 0.198. The third-order valence-electron chi connectivity index (χ3n) is 4.65. The number of H-pyrrole nitrogens is 1. The summed E-state index contributed by atoms with van der Waals surface area (Å²) in [6.45, 7) is 2.39. The molecule has 1 fully saturated rings. The van der Waals surface area contributed by atoms with Crippen molar-refractivity contribution in [1.82, 2.24) is 15.5 Å². The van der Waals surface area contributed by atoms with Crippen molar-refractivity contribution in [3.05, 3.63) is 63.6 Å². The third-order valence-corrected chi connectivity index (χ3v) is 5.17. The number of aromatic amines is 1. The number of aryl methyl sites for hydroxylation is 1. The maximum atomic E-state index is 13.0. The van der Waals surface area contributed by atoms with Crippen molar-refractivity contribution < 1.29 is 14.1 Å². The highest BCUT2D eigenvalue weighted by atomic mass is 79.9. The van der Waals surface area contributed by atoms with Gasteiger partial charge in [0.05, 0.1) is 5.56 Å². The lowest BCUT2D eigenvalue weighted by molar-refractivity contribution is 0.0947. The molecule has 3 aromatic rings. The van der Waals surface area contributed by atoms with Gasteiger partial charge in [0.25, 0.3) is 5.91 Å². The van der Waals surface area contributed by atoms with Gasteiger partial charge in [0, 0.05) is 28.3 Å². The number of halogens is 1. The predicted octanol–water partition coefficient (Wildman–Crippen LogP) is 4.11. The number of carbonyl (C=O) groups is 2. The van der Waals surface area contributed by atoms with E-state index in [1.807, 2.05) is 24.3 Å². The highest BCUT2D eigenvalue weighted by Crippen LogP contribution is 2.29. The molecule has 1 aliphatic rings. The molecular formula is C20H18BrN3O3. The highest BCUT2D eigenvalue weighted by molar-refractivity contribution is 9.10. The summed E-state index contributed by atoms with van der Waals surface area (Å²) in [5.41, 5.74) is 2.46. The van der Waals surface area contributed by atoms with Crippen LogP contribution in [0.25, 0.3) is 11.3 Å².